The van der Waals surface area contributed by atoms with Gasteiger partial charge in [-0.05, 0) is 17.7 Å². The number of carboxylic acid groups (broad SMARTS) is 1. The molecule has 0 aliphatic heterocycles. The van der Waals surface area contributed by atoms with Crippen LogP contribution >= 0.6 is 23.2 Å². The fourth-order valence-electron chi connectivity index (χ4n) is 1.91. The number of hydrogen-bond acceptors (Lipinski definition) is 6. The largest absolute Gasteiger partial charge is 0.463 e. The lowest BCUT2D eigenvalue weighted by Crippen LogP contribution is -2.07. The molecule has 2 aromatic heterocycles. The summed E-state index contributed by atoms with van der Waals surface area (Å²) < 4.78 is 0.822. The van der Waals surface area contributed by atoms with Gasteiger partial charge in [0.25, 0.3) is 0 Å². The van der Waals surface area contributed by atoms with E-state index < -0.39 is 6.09 Å². The first-order valence-corrected chi connectivity index (χ1v) is 7.00. The van der Waals surface area contributed by atoms with Gasteiger partial charge < -0.3 is 10.4 Å². The van der Waals surface area contributed by atoms with Crippen molar-refractivity contribution >= 4 is 40.8 Å². The van der Waals surface area contributed by atoms with Crippen molar-refractivity contribution in [1.82, 2.24) is 25.0 Å². The SMILES string of the molecule is O=C(O)n1cc(-c2ccccc2Nc2nc(Cl)nnc2Cl)cn1. The second-order valence-corrected chi connectivity index (χ2v) is 5.04. The Hall–Kier alpha value is -2.71. The maximum absolute atomic E-state index is 10.9. The molecule has 0 spiro atoms. The van der Waals surface area contributed by atoms with E-state index in [0.717, 1.165) is 4.68 Å². The van der Waals surface area contributed by atoms with E-state index in [1.54, 1.807) is 18.2 Å². The molecule has 3 aromatic rings. The van der Waals surface area contributed by atoms with Gasteiger partial charge in [-0.15, -0.1) is 10.2 Å². The molecule has 0 aliphatic carbocycles. The predicted octanol–water partition coefficient (Wildman–Crippen LogP) is 3.31. The van der Waals surface area contributed by atoms with E-state index in [0.29, 0.717) is 16.8 Å². The van der Waals surface area contributed by atoms with Crippen molar-refractivity contribution in [2.75, 3.05) is 5.32 Å². The summed E-state index contributed by atoms with van der Waals surface area (Å²) in [5.41, 5.74) is 1.96. The average Bonchev–Trinajstić information content (AvgIpc) is 3.01. The minimum Gasteiger partial charge on any atom is -0.463 e. The molecule has 0 radical (unpaired) electrons. The molecule has 8 nitrogen and oxygen atoms in total. The summed E-state index contributed by atoms with van der Waals surface area (Å²) >= 11 is 11.7. The van der Waals surface area contributed by atoms with Crippen molar-refractivity contribution in [2.24, 2.45) is 0 Å². The highest BCUT2D eigenvalue weighted by Crippen LogP contribution is 2.31. The van der Waals surface area contributed by atoms with Gasteiger partial charge in [0.2, 0.25) is 5.28 Å². The molecule has 0 bridgehead atoms. The molecule has 0 fully saturated rings. The Labute approximate surface area is 139 Å². The van der Waals surface area contributed by atoms with E-state index in [4.69, 9.17) is 28.3 Å². The van der Waals surface area contributed by atoms with Crippen LogP contribution in [-0.2, 0) is 0 Å². The Bertz CT molecular complexity index is 882. The third-order valence-corrected chi connectivity index (χ3v) is 3.30. The van der Waals surface area contributed by atoms with Crippen LogP contribution in [0.3, 0.4) is 0 Å². The van der Waals surface area contributed by atoms with Crippen molar-refractivity contribution in [1.29, 1.82) is 0 Å². The third-order valence-electron chi connectivity index (χ3n) is 2.89. The van der Waals surface area contributed by atoms with Crippen LogP contribution in [-0.4, -0.2) is 36.2 Å². The van der Waals surface area contributed by atoms with Gasteiger partial charge in [-0.2, -0.15) is 14.8 Å². The topological polar surface area (TPSA) is 106 Å². The number of nitrogens with one attached hydrogen (secondary N) is 1. The molecule has 23 heavy (non-hydrogen) atoms. The molecular weight excluding hydrogens is 343 g/mol. The third kappa shape index (κ3) is 3.22. The summed E-state index contributed by atoms with van der Waals surface area (Å²) in [6.45, 7) is 0. The maximum atomic E-state index is 10.9. The molecule has 0 saturated carbocycles. The normalized spacial score (nSPS) is 10.5. The van der Waals surface area contributed by atoms with Gasteiger partial charge in [0.1, 0.15) is 0 Å². The Balaban J connectivity index is 2.00. The van der Waals surface area contributed by atoms with Gasteiger partial charge in [0.15, 0.2) is 11.0 Å². The van der Waals surface area contributed by atoms with Gasteiger partial charge >= 0.3 is 6.09 Å². The molecule has 1 aromatic carbocycles. The Morgan fingerprint density at radius 3 is 2.74 bits per heavy atom. The summed E-state index contributed by atoms with van der Waals surface area (Å²) in [6, 6.07) is 7.19. The first-order chi connectivity index (χ1) is 11.0. The number of nitrogens with zero attached hydrogens (tertiary/aromatic N) is 5. The van der Waals surface area contributed by atoms with E-state index in [1.807, 2.05) is 6.07 Å². The molecule has 0 atom stereocenters. The molecule has 116 valence electrons. The van der Waals surface area contributed by atoms with Crippen LogP contribution in [0.25, 0.3) is 11.1 Å². The monoisotopic (exact) mass is 350 g/mol. The van der Waals surface area contributed by atoms with E-state index in [9.17, 15) is 4.79 Å². The zero-order chi connectivity index (χ0) is 16.4. The summed E-state index contributed by atoms with van der Waals surface area (Å²) in [6.07, 6.45) is 1.67. The second-order valence-electron chi connectivity index (χ2n) is 4.35. The highest BCUT2D eigenvalue weighted by Gasteiger charge is 2.12. The predicted molar refractivity (Wildman–Crippen MR) is 84.2 cm³/mol. The second kappa shape index (κ2) is 6.19. The molecule has 3 rings (SSSR count). The van der Waals surface area contributed by atoms with Crippen LogP contribution in [0.4, 0.5) is 16.3 Å². The number of aromatic nitrogens is 5. The molecular formula is C13H8Cl2N6O2. The van der Waals surface area contributed by atoms with Crippen molar-refractivity contribution < 1.29 is 9.90 Å². The number of halogens is 2. The molecule has 0 amide bonds. The number of hydrogen-bond donors (Lipinski definition) is 2. The standard InChI is InChI=1S/C13H8Cl2N6O2/c14-10-11(18-12(15)20-19-10)17-9-4-2-1-3-8(9)7-5-16-21(6-7)13(22)23/h1-6H,(H,22,23)(H,17,18,20). The Morgan fingerprint density at radius 1 is 1.22 bits per heavy atom. The van der Waals surface area contributed by atoms with E-state index >= 15 is 0 Å². The lowest BCUT2D eigenvalue weighted by Gasteiger charge is -2.10. The fourth-order valence-corrected chi connectivity index (χ4v) is 2.16. The van der Waals surface area contributed by atoms with Gasteiger partial charge in [-0.1, -0.05) is 29.8 Å². The van der Waals surface area contributed by atoms with Crippen molar-refractivity contribution in [3.8, 4) is 11.1 Å². The van der Waals surface area contributed by atoms with Crippen LogP contribution in [0.15, 0.2) is 36.7 Å². The summed E-state index contributed by atoms with van der Waals surface area (Å²) in [5, 5.41) is 22.9. The van der Waals surface area contributed by atoms with Gasteiger partial charge in [0, 0.05) is 23.0 Å². The van der Waals surface area contributed by atoms with Crippen LogP contribution in [0.2, 0.25) is 10.4 Å². The van der Waals surface area contributed by atoms with E-state index in [2.05, 4.69) is 25.6 Å². The maximum Gasteiger partial charge on any atom is 0.432 e. The lowest BCUT2D eigenvalue weighted by atomic mass is 10.1. The number of rotatable bonds is 3. The molecule has 2 N–H and O–H groups in total. The average molecular weight is 351 g/mol. The minimum atomic E-state index is -1.17. The Morgan fingerprint density at radius 2 is 2.00 bits per heavy atom. The summed E-state index contributed by atoms with van der Waals surface area (Å²) in [5.74, 6) is 0.241. The van der Waals surface area contributed by atoms with Gasteiger partial charge in [0.05, 0.1) is 6.20 Å². The molecule has 2 heterocycles. The zero-order valence-corrected chi connectivity index (χ0v) is 12.8. The number of carbonyl (C=O) groups is 1. The highest BCUT2D eigenvalue weighted by atomic mass is 35.5. The number of anilines is 2. The Kier molecular flexibility index (Phi) is 4.09. The van der Waals surface area contributed by atoms with E-state index in [-0.39, 0.29) is 16.3 Å². The van der Waals surface area contributed by atoms with Crippen LogP contribution in [0.1, 0.15) is 0 Å². The van der Waals surface area contributed by atoms with Crippen molar-refractivity contribution in [2.45, 2.75) is 0 Å². The minimum absolute atomic E-state index is 0.0481. The van der Waals surface area contributed by atoms with Crippen molar-refractivity contribution in [3.05, 3.63) is 47.1 Å². The fraction of sp³-hybridized carbons (Fsp3) is 0. The smallest absolute Gasteiger partial charge is 0.432 e. The molecule has 0 saturated heterocycles. The first-order valence-electron chi connectivity index (χ1n) is 6.24. The van der Waals surface area contributed by atoms with Crippen molar-refractivity contribution in [3.63, 3.8) is 0 Å². The van der Waals surface area contributed by atoms with Crippen LogP contribution < -0.4 is 5.32 Å². The summed E-state index contributed by atoms with van der Waals surface area (Å²) in [7, 11) is 0. The molecule has 0 aliphatic rings. The van der Waals surface area contributed by atoms with E-state index in [1.165, 1.54) is 12.4 Å². The van der Waals surface area contributed by atoms with Crippen LogP contribution in [0, 0.1) is 0 Å². The zero-order valence-electron chi connectivity index (χ0n) is 11.3. The summed E-state index contributed by atoms with van der Waals surface area (Å²) in [4.78, 5) is 14.9. The quantitative estimate of drug-likeness (QED) is 0.746. The van der Waals surface area contributed by atoms with Crippen LogP contribution in [0.5, 0.6) is 0 Å². The highest BCUT2D eigenvalue weighted by molar-refractivity contribution is 6.32. The number of para-hydroxylation sites is 1. The van der Waals surface area contributed by atoms with Gasteiger partial charge in [-0.25, -0.2) is 4.79 Å². The molecule has 10 heteroatoms. The van der Waals surface area contributed by atoms with Gasteiger partial charge in [-0.3, -0.25) is 0 Å². The first kappa shape index (κ1) is 15.2. The number of benzene rings is 1. The lowest BCUT2D eigenvalue weighted by molar-refractivity contribution is 0.192. The molecule has 0 unspecified atom stereocenters.